The van der Waals surface area contributed by atoms with Crippen LogP contribution in [0.2, 0.25) is 5.02 Å². The molecule has 6 heteroatoms. The molecule has 0 aliphatic carbocycles. The third-order valence-electron chi connectivity index (χ3n) is 2.32. The standard InChI is InChI=1S/C13H8ClF2NO2/c14-7-3-8(15)5-9(4-7)17-13(19)11-2-1-10(18)6-12(11)16/h1-6,18H,(H,17,19). The first-order valence-corrected chi connectivity index (χ1v) is 5.59. The zero-order valence-corrected chi connectivity index (χ0v) is 10.2. The van der Waals surface area contributed by atoms with Gasteiger partial charge in [-0.2, -0.15) is 0 Å². The molecule has 0 fully saturated rings. The van der Waals surface area contributed by atoms with E-state index in [4.69, 9.17) is 16.7 Å². The van der Waals surface area contributed by atoms with Crippen molar-refractivity contribution in [3.05, 3.63) is 58.6 Å². The predicted molar refractivity (Wildman–Crippen MR) is 67.4 cm³/mol. The van der Waals surface area contributed by atoms with Crippen molar-refractivity contribution >= 4 is 23.2 Å². The van der Waals surface area contributed by atoms with Gasteiger partial charge in [-0.05, 0) is 30.3 Å². The first-order chi connectivity index (χ1) is 8.95. The lowest BCUT2D eigenvalue weighted by atomic mass is 10.2. The average Bonchev–Trinajstić information content (AvgIpc) is 2.26. The minimum absolute atomic E-state index is 0.112. The fourth-order valence-electron chi connectivity index (χ4n) is 1.51. The van der Waals surface area contributed by atoms with E-state index in [1.807, 2.05) is 0 Å². The summed E-state index contributed by atoms with van der Waals surface area (Å²) in [6.45, 7) is 0. The number of hydrogen-bond acceptors (Lipinski definition) is 2. The van der Waals surface area contributed by atoms with Crippen LogP contribution in [0.5, 0.6) is 5.75 Å². The monoisotopic (exact) mass is 283 g/mol. The number of carbonyl (C=O) groups is 1. The van der Waals surface area contributed by atoms with E-state index in [1.165, 1.54) is 12.1 Å². The molecule has 2 rings (SSSR count). The highest BCUT2D eigenvalue weighted by atomic mass is 35.5. The summed E-state index contributed by atoms with van der Waals surface area (Å²) < 4.78 is 26.5. The normalized spacial score (nSPS) is 10.3. The van der Waals surface area contributed by atoms with E-state index in [-0.39, 0.29) is 22.0 Å². The summed E-state index contributed by atoms with van der Waals surface area (Å²) in [5, 5.41) is 11.5. The van der Waals surface area contributed by atoms with Crippen molar-refractivity contribution in [2.45, 2.75) is 0 Å². The second kappa shape index (κ2) is 5.24. The fraction of sp³-hybridized carbons (Fsp3) is 0. The Morgan fingerprint density at radius 2 is 1.89 bits per heavy atom. The number of halogens is 3. The molecular weight excluding hydrogens is 276 g/mol. The highest BCUT2D eigenvalue weighted by molar-refractivity contribution is 6.31. The van der Waals surface area contributed by atoms with Gasteiger partial charge < -0.3 is 10.4 Å². The smallest absolute Gasteiger partial charge is 0.258 e. The molecule has 2 N–H and O–H groups in total. The Labute approximate surface area is 112 Å². The van der Waals surface area contributed by atoms with Gasteiger partial charge in [0.05, 0.1) is 5.56 Å². The Balaban J connectivity index is 2.25. The summed E-state index contributed by atoms with van der Waals surface area (Å²) in [4.78, 5) is 11.8. The zero-order valence-electron chi connectivity index (χ0n) is 9.45. The van der Waals surface area contributed by atoms with Gasteiger partial charge in [0, 0.05) is 16.8 Å². The number of hydrogen-bond donors (Lipinski definition) is 2. The van der Waals surface area contributed by atoms with E-state index in [2.05, 4.69) is 5.32 Å². The van der Waals surface area contributed by atoms with Crippen molar-refractivity contribution in [1.29, 1.82) is 0 Å². The SMILES string of the molecule is O=C(Nc1cc(F)cc(Cl)c1)c1ccc(O)cc1F. The average molecular weight is 284 g/mol. The summed E-state index contributed by atoms with van der Waals surface area (Å²) >= 11 is 5.63. The van der Waals surface area contributed by atoms with Gasteiger partial charge in [0.15, 0.2) is 0 Å². The van der Waals surface area contributed by atoms with Crippen LogP contribution < -0.4 is 5.32 Å². The summed E-state index contributed by atoms with van der Waals surface area (Å²) in [5.41, 5.74) is -0.152. The van der Waals surface area contributed by atoms with E-state index in [0.29, 0.717) is 0 Å². The molecule has 0 aliphatic rings. The lowest BCUT2D eigenvalue weighted by molar-refractivity contribution is 0.102. The number of phenolic OH excluding ortho intramolecular Hbond substituents is 1. The van der Waals surface area contributed by atoms with Gasteiger partial charge in [-0.1, -0.05) is 11.6 Å². The minimum Gasteiger partial charge on any atom is -0.508 e. The van der Waals surface area contributed by atoms with E-state index in [1.54, 1.807) is 0 Å². The van der Waals surface area contributed by atoms with Crippen LogP contribution in [0.4, 0.5) is 14.5 Å². The van der Waals surface area contributed by atoms with Crippen LogP contribution in [0.15, 0.2) is 36.4 Å². The van der Waals surface area contributed by atoms with Crippen LogP contribution in [-0.2, 0) is 0 Å². The number of rotatable bonds is 2. The molecule has 0 atom stereocenters. The van der Waals surface area contributed by atoms with E-state index in [0.717, 1.165) is 24.3 Å². The van der Waals surface area contributed by atoms with Crippen molar-refractivity contribution < 1.29 is 18.7 Å². The number of benzene rings is 2. The molecule has 0 heterocycles. The first-order valence-electron chi connectivity index (χ1n) is 5.21. The van der Waals surface area contributed by atoms with Crippen LogP contribution >= 0.6 is 11.6 Å². The largest absolute Gasteiger partial charge is 0.508 e. The predicted octanol–water partition coefficient (Wildman–Crippen LogP) is 3.58. The molecule has 0 unspecified atom stereocenters. The van der Waals surface area contributed by atoms with Gasteiger partial charge in [-0.3, -0.25) is 4.79 Å². The number of nitrogens with one attached hydrogen (secondary N) is 1. The van der Waals surface area contributed by atoms with Gasteiger partial charge in [0.2, 0.25) is 0 Å². The third-order valence-corrected chi connectivity index (χ3v) is 2.54. The van der Waals surface area contributed by atoms with Gasteiger partial charge in [0.1, 0.15) is 17.4 Å². The number of amides is 1. The van der Waals surface area contributed by atoms with Crippen LogP contribution in [0.25, 0.3) is 0 Å². The Morgan fingerprint density at radius 1 is 1.16 bits per heavy atom. The van der Waals surface area contributed by atoms with Crippen molar-refractivity contribution in [1.82, 2.24) is 0 Å². The Kier molecular flexibility index (Phi) is 3.66. The van der Waals surface area contributed by atoms with Crippen LogP contribution in [0.1, 0.15) is 10.4 Å². The number of carbonyl (C=O) groups excluding carboxylic acids is 1. The topological polar surface area (TPSA) is 49.3 Å². The van der Waals surface area contributed by atoms with E-state index < -0.39 is 17.5 Å². The summed E-state index contributed by atoms with van der Waals surface area (Å²) in [6.07, 6.45) is 0. The molecule has 0 aromatic heterocycles. The van der Waals surface area contributed by atoms with E-state index >= 15 is 0 Å². The quantitative estimate of drug-likeness (QED) is 0.885. The van der Waals surface area contributed by atoms with Gasteiger partial charge in [-0.25, -0.2) is 8.78 Å². The van der Waals surface area contributed by atoms with E-state index in [9.17, 15) is 13.6 Å². The van der Waals surface area contributed by atoms with Crippen molar-refractivity contribution in [2.75, 3.05) is 5.32 Å². The maximum atomic E-state index is 13.4. The molecule has 2 aromatic rings. The highest BCUT2D eigenvalue weighted by Gasteiger charge is 2.13. The summed E-state index contributed by atoms with van der Waals surface area (Å²) in [7, 11) is 0. The lowest BCUT2D eigenvalue weighted by Crippen LogP contribution is -2.13. The molecule has 0 radical (unpaired) electrons. The molecule has 2 aromatic carbocycles. The van der Waals surface area contributed by atoms with Crippen molar-refractivity contribution in [3.63, 3.8) is 0 Å². The van der Waals surface area contributed by atoms with Gasteiger partial charge in [-0.15, -0.1) is 0 Å². The highest BCUT2D eigenvalue weighted by Crippen LogP contribution is 2.20. The Hall–Kier alpha value is -2.14. The molecular formula is C13H8ClF2NO2. The number of anilines is 1. The Morgan fingerprint density at radius 3 is 2.53 bits per heavy atom. The Bertz CT molecular complexity index is 626. The van der Waals surface area contributed by atoms with Gasteiger partial charge >= 0.3 is 0 Å². The molecule has 0 aliphatic heterocycles. The summed E-state index contributed by atoms with van der Waals surface area (Å²) in [6, 6.07) is 6.59. The third kappa shape index (κ3) is 3.20. The molecule has 1 amide bonds. The number of aromatic hydroxyl groups is 1. The summed E-state index contributed by atoms with van der Waals surface area (Å²) in [5.74, 6) is -2.55. The van der Waals surface area contributed by atoms with Crippen LogP contribution in [-0.4, -0.2) is 11.0 Å². The molecule has 0 bridgehead atoms. The fourth-order valence-corrected chi connectivity index (χ4v) is 1.73. The minimum atomic E-state index is -0.875. The van der Waals surface area contributed by atoms with Crippen LogP contribution in [0.3, 0.4) is 0 Å². The molecule has 19 heavy (non-hydrogen) atoms. The molecule has 0 saturated heterocycles. The number of phenols is 1. The molecule has 98 valence electrons. The maximum Gasteiger partial charge on any atom is 0.258 e. The molecule has 0 saturated carbocycles. The molecule has 3 nitrogen and oxygen atoms in total. The van der Waals surface area contributed by atoms with Gasteiger partial charge in [0.25, 0.3) is 5.91 Å². The van der Waals surface area contributed by atoms with Crippen molar-refractivity contribution in [3.8, 4) is 5.75 Å². The first kappa shape index (κ1) is 13.3. The zero-order chi connectivity index (χ0) is 14.0. The van der Waals surface area contributed by atoms with Crippen molar-refractivity contribution in [2.24, 2.45) is 0 Å². The maximum absolute atomic E-state index is 13.4. The molecule has 0 spiro atoms. The second-order valence-electron chi connectivity index (χ2n) is 3.78. The van der Waals surface area contributed by atoms with Crippen LogP contribution in [0, 0.1) is 11.6 Å². The second-order valence-corrected chi connectivity index (χ2v) is 4.21. The lowest BCUT2D eigenvalue weighted by Gasteiger charge is -2.07.